The van der Waals surface area contributed by atoms with E-state index in [1.807, 2.05) is 17.0 Å². The molecule has 2 aromatic heterocycles. The van der Waals surface area contributed by atoms with E-state index >= 15 is 0 Å². The molecule has 0 bridgehead atoms. The summed E-state index contributed by atoms with van der Waals surface area (Å²) in [5.41, 5.74) is 3.84. The fourth-order valence-corrected chi connectivity index (χ4v) is 3.09. The molecular weight excluding hydrogens is 278 g/mol. The molecule has 2 N–H and O–H groups in total. The summed E-state index contributed by atoms with van der Waals surface area (Å²) >= 11 is 0. The molecule has 22 heavy (non-hydrogen) atoms. The molecule has 0 saturated heterocycles. The van der Waals surface area contributed by atoms with Crippen molar-refractivity contribution in [1.29, 1.82) is 0 Å². The summed E-state index contributed by atoms with van der Waals surface area (Å²) in [4.78, 5) is 31.4. The van der Waals surface area contributed by atoms with E-state index in [9.17, 15) is 9.59 Å². The van der Waals surface area contributed by atoms with Gasteiger partial charge in [-0.05, 0) is 24.1 Å². The molecule has 3 aromatic rings. The first-order valence-electron chi connectivity index (χ1n) is 7.29. The van der Waals surface area contributed by atoms with Gasteiger partial charge in [0.2, 0.25) is 5.56 Å². The Balaban J connectivity index is 1.65. The highest BCUT2D eigenvalue weighted by Gasteiger charge is 2.24. The van der Waals surface area contributed by atoms with Crippen molar-refractivity contribution in [3.63, 3.8) is 0 Å². The summed E-state index contributed by atoms with van der Waals surface area (Å²) in [6.07, 6.45) is 2.32. The number of rotatable bonds is 1. The second kappa shape index (κ2) is 4.87. The van der Waals surface area contributed by atoms with Gasteiger partial charge in [-0.1, -0.05) is 18.2 Å². The average molecular weight is 293 g/mol. The van der Waals surface area contributed by atoms with Gasteiger partial charge in [0.1, 0.15) is 0 Å². The lowest BCUT2D eigenvalue weighted by Gasteiger charge is -2.27. The van der Waals surface area contributed by atoms with Gasteiger partial charge in [-0.25, -0.2) is 0 Å². The van der Waals surface area contributed by atoms with E-state index in [1.54, 1.807) is 6.07 Å². The van der Waals surface area contributed by atoms with Crippen molar-refractivity contribution < 1.29 is 4.79 Å². The van der Waals surface area contributed by atoms with Gasteiger partial charge in [0.25, 0.3) is 5.91 Å². The molecule has 1 aliphatic rings. The molecule has 0 unspecified atom stereocenters. The third-order valence-corrected chi connectivity index (χ3v) is 4.20. The predicted molar refractivity (Wildman–Crippen MR) is 83.8 cm³/mol. The van der Waals surface area contributed by atoms with Crippen molar-refractivity contribution in [3.8, 4) is 0 Å². The van der Waals surface area contributed by atoms with Crippen LogP contribution >= 0.6 is 0 Å². The number of carbonyl (C=O) groups is 1. The quantitative estimate of drug-likeness (QED) is 0.721. The molecule has 5 nitrogen and oxygen atoms in total. The minimum absolute atomic E-state index is 0.0550. The molecule has 3 heterocycles. The zero-order valence-electron chi connectivity index (χ0n) is 11.9. The Labute approximate surface area is 126 Å². The summed E-state index contributed by atoms with van der Waals surface area (Å²) < 4.78 is 0. The molecule has 4 rings (SSSR count). The summed E-state index contributed by atoms with van der Waals surface area (Å²) in [5.74, 6) is -0.0550. The number of carbonyl (C=O) groups excluding carboxylic acids is 1. The zero-order valence-corrected chi connectivity index (χ0v) is 11.9. The minimum atomic E-state index is -0.201. The summed E-state index contributed by atoms with van der Waals surface area (Å²) in [7, 11) is 0. The second-order valence-corrected chi connectivity index (χ2v) is 5.55. The molecule has 0 aliphatic carbocycles. The number of hydrogen-bond acceptors (Lipinski definition) is 2. The molecule has 1 amide bonds. The fourth-order valence-electron chi connectivity index (χ4n) is 3.09. The molecule has 5 heteroatoms. The van der Waals surface area contributed by atoms with Gasteiger partial charge in [-0.3, -0.25) is 9.59 Å². The summed E-state index contributed by atoms with van der Waals surface area (Å²) in [5, 5.41) is 1.24. The Morgan fingerprint density at radius 3 is 2.82 bits per heavy atom. The lowest BCUT2D eigenvalue weighted by atomic mass is 10.0. The molecular formula is C17H15N3O2. The Kier molecular flexibility index (Phi) is 2.85. The first kappa shape index (κ1) is 12.9. The standard InChI is InChI=1S/C17H15N3O2/c21-16-6-5-11(9-18-16)17(22)20-8-7-13-12-3-1-2-4-14(12)19-15(13)10-20/h1-6,9,19H,7-8,10H2,(H,18,21). The highest BCUT2D eigenvalue weighted by atomic mass is 16.2. The normalized spacial score (nSPS) is 14.1. The van der Waals surface area contributed by atoms with E-state index < -0.39 is 0 Å². The fraction of sp³-hybridized carbons (Fsp3) is 0.176. The number of nitrogens with one attached hydrogen (secondary N) is 2. The molecule has 0 radical (unpaired) electrons. The van der Waals surface area contributed by atoms with Crippen LogP contribution < -0.4 is 5.56 Å². The van der Waals surface area contributed by atoms with Gasteiger partial charge < -0.3 is 14.9 Å². The number of pyridine rings is 1. The minimum Gasteiger partial charge on any atom is -0.357 e. The van der Waals surface area contributed by atoms with Crippen LogP contribution in [0.25, 0.3) is 10.9 Å². The molecule has 0 saturated carbocycles. The average Bonchev–Trinajstić information content (AvgIpc) is 2.92. The van der Waals surface area contributed by atoms with Crippen LogP contribution in [0.2, 0.25) is 0 Å². The maximum Gasteiger partial charge on any atom is 0.255 e. The number of H-pyrrole nitrogens is 2. The third kappa shape index (κ3) is 2.02. The smallest absolute Gasteiger partial charge is 0.255 e. The van der Waals surface area contributed by atoms with Crippen LogP contribution in [0.3, 0.4) is 0 Å². The molecule has 0 atom stereocenters. The van der Waals surface area contributed by atoms with E-state index in [4.69, 9.17) is 0 Å². The Morgan fingerprint density at radius 2 is 2.00 bits per heavy atom. The summed E-state index contributed by atoms with van der Waals surface area (Å²) in [6.45, 7) is 1.26. The van der Waals surface area contributed by atoms with E-state index in [0.717, 1.165) is 17.6 Å². The van der Waals surface area contributed by atoms with E-state index in [-0.39, 0.29) is 11.5 Å². The number of nitrogens with zero attached hydrogens (tertiary/aromatic N) is 1. The van der Waals surface area contributed by atoms with E-state index in [1.165, 1.54) is 23.2 Å². The van der Waals surface area contributed by atoms with E-state index in [2.05, 4.69) is 22.1 Å². The van der Waals surface area contributed by atoms with Gasteiger partial charge in [0.05, 0.1) is 12.1 Å². The van der Waals surface area contributed by atoms with Gasteiger partial charge in [0, 0.05) is 35.4 Å². The molecule has 0 spiro atoms. The molecule has 1 aliphatic heterocycles. The number of aromatic amines is 2. The number of fused-ring (bicyclic) bond motifs is 3. The SMILES string of the molecule is O=C(c1ccc(=O)[nH]c1)N1CCc2c([nH]c3ccccc23)C1. The van der Waals surface area contributed by atoms with Crippen LogP contribution in [0.15, 0.2) is 47.4 Å². The Bertz CT molecular complexity index is 903. The van der Waals surface area contributed by atoms with Crippen molar-refractivity contribution in [3.05, 3.63) is 69.8 Å². The second-order valence-electron chi connectivity index (χ2n) is 5.55. The van der Waals surface area contributed by atoms with Crippen LogP contribution in [0.4, 0.5) is 0 Å². The number of benzene rings is 1. The van der Waals surface area contributed by atoms with Gasteiger partial charge in [-0.2, -0.15) is 0 Å². The number of hydrogen-bond donors (Lipinski definition) is 2. The predicted octanol–water partition coefficient (Wildman–Crippen LogP) is 2.05. The van der Waals surface area contributed by atoms with Crippen LogP contribution in [0, 0.1) is 0 Å². The van der Waals surface area contributed by atoms with Crippen LogP contribution in [0.1, 0.15) is 21.6 Å². The van der Waals surface area contributed by atoms with Crippen LogP contribution in [-0.2, 0) is 13.0 Å². The maximum atomic E-state index is 12.5. The Hall–Kier alpha value is -2.82. The van der Waals surface area contributed by atoms with Crippen LogP contribution in [-0.4, -0.2) is 27.3 Å². The van der Waals surface area contributed by atoms with E-state index in [0.29, 0.717) is 18.7 Å². The highest BCUT2D eigenvalue weighted by molar-refractivity contribution is 5.94. The largest absolute Gasteiger partial charge is 0.357 e. The number of aromatic nitrogens is 2. The third-order valence-electron chi connectivity index (χ3n) is 4.20. The molecule has 1 aromatic carbocycles. The maximum absolute atomic E-state index is 12.5. The molecule has 0 fully saturated rings. The van der Waals surface area contributed by atoms with Gasteiger partial charge >= 0.3 is 0 Å². The highest BCUT2D eigenvalue weighted by Crippen LogP contribution is 2.27. The van der Waals surface area contributed by atoms with Crippen molar-refractivity contribution in [2.24, 2.45) is 0 Å². The van der Waals surface area contributed by atoms with Gasteiger partial charge in [-0.15, -0.1) is 0 Å². The van der Waals surface area contributed by atoms with Crippen LogP contribution in [0.5, 0.6) is 0 Å². The van der Waals surface area contributed by atoms with Gasteiger partial charge in [0.15, 0.2) is 0 Å². The summed E-state index contributed by atoms with van der Waals surface area (Å²) in [6, 6.07) is 11.2. The first-order chi connectivity index (χ1) is 10.7. The topological polar surface area (TPSA) is 69.0 Å². The van der Waals surface area contributed by atoms with Crippen molar-refractivity contribution in [2.45, 2.75) is 13.0 Å². The Morgan fingerprint density at radius 1 is 1.14 bits per heavy atom. The monoisotopic (exact) mass is 293 g/mol. The number of para-hydroxylation sites is 1. The molecule has 110 valence electrons. The van der Waals surface area contributed by atoms with Crippen molar-refractivity contribution in [2.75, 3.05) is 6.54 Å². The lowest BCUT2D eigenvalue weighted by molar-refractivity contribution is 0.0732. The van der Waals surface area contributed by atoms with Crippen molar-refractivity contribution >= 4 is 16.8 Å². The van der Waals surface area contributed by atoms with Crippen molar-refractivity contribution in [1.82, 2.24) is 14.9 Å². The first-order valence-corrected chi connectivity index (χ1v) is 7.29. The lowest BCUT2D eigenvalue weighted by Crippen LogP contribution is -2.36. The zero-order chi connectivity index (χ0) is 15.1. The number of amides is 1.